The molecule has 3 heteroatoms. The van der Waals surface area contributed by atoms with Gasteiger partial charge in [0.25, 0.3) is 0 Å². The summed E-state index contributed by atoms with van der Waals surface area (Å²) >= 11 is 0. The molecule has 0 atom stereocenters. The fourth-order valence-electron chi connectivity index (χ4n) is 2.50. The molecule has 2 aliphatic rings. The van der Waals surface area contributed by atoms with Crippen molar-refractivity contribution >= 4 is 0 Å². The first kappa shape index (κ1) is 10.4. The Morgan fingerprint density at radius 1 is 0.786 bits per heavy atom. The Labute approximate surface area is 85.4 Å². The van der Waals surface area contributed by atoms with Crippen molar-refractivity contribution in [2.45, 2.75) is 31.8 Å². The molecule has 1 N–H and O–H groups in total. The first-order chi connectivity index (χ1) is 6.88. The van der Waals surface area contributed by atoms with Gasteiger partial charge in [-0.25, -0.2) is 0 Å². The maximum Gasteiger partial charge on any atom is 0.0599 e. The molecular formula is C11H20O3. The van der Waals surface area contributed by atoms with Crippen LogP contribution in [0.2, 0.25) is 0 Å². The molecule has 2 aliphatic heterocycles. The second kappa shape index (κ2) is 5.10. The van der Waals surface area contributed by atoms with E-state index in [1.807, 2.05) is 0 Å². The Balaban J connectivity index is 1.82. The van der Waals surface area contributed by atoms with Crippen LogP contribution in [0.5, 0.6) is 0 Å². The van der Waals surface area contributed by atoms with E-state index in [4.69, 9.17) is 9.47 Å². The molecule has 0 aliphatic carbocycles. The van der Waals surface area contributed by atoms with Gasteiger partial charge >= 0.3 is 0 Å². The van der Waals surface area contributed by atoms with Gasteiger partial charge in [-0.3, -0.25) is 0 Å². The molecule has 0 spiro atoms. The van der Waals surface area contributed by atoms with Gasteiger partial charge in [-0.15, -0.1) is 0 Å². The van der Waals surface area contributed by atoms with E-state index < -0.39 is 0 Å². The average Bonchev–Trinajstić information content (AvgIpc) is 2.30. The number of hydrogen-bond donors (Lipinski definition) is 1. The van der Waals surface area contributed by atoms with Gasteiger partial charge in [0.2, 0.25) is 0 Å². The average molecular weight is 200 g/mol. The lowest BCUT2D eigenvalue weighted by atomic mass is 9.82. The van der Waals surface area contributed by atoms with Crippen molar-refractivity contribution in [1.82, 2.24) is 0 Å². The third kappa shape index (κ3) is 2.47. The lowest BCUT2D eigenvalue weighted by Crippen LogP contribution is -2.36. The number of rotatable bonds is 2. The van der Waals surface area contributed by atoms with Gasteiger partial charge in [-0.1, -0.05) is 0 Å². The number of ether oxygens (including phenoxy) is 2. The SMILES string of the molecule is OC(C1CCOCC1)C1CCOCC1. The summed E-state index contributed by atoms with van der Waals surface area (Å²) in [5.74, 6) is 0.929. The van der Waals surface area contributed by atoms with Crippen LogP contribution in [0.4, 0.5) is 0 Å². The zero-order valence-corrected chi connectivity index (χ0v) is 8.65. The minimum atomic E-state index is -0.122. The number of aliphatic hydroxyl groups is 1. The highest BCUT2D eigenvalue weighted by molar-refractivity contribution is 4.79. The Hall–Kier alpha value is -0.120. The Bertz CT molecular complexity index is 142. The first-order valence-corrected chi connectivity index (χ1v) is 5.71. The molecule has 0 bridgehead atoms. The standard InChI is InChI=1S/C11H20O3/c12-11(9-1-5-13-6-2-9)10-3-7-14-8-4-10/h9-12H,1-8H2. The smallest absolute Gasteiger partial charge is 0.0599 e. The van der Waals surface area contributed by atoms with Crippen LogP contribution in [-0.4, -0.2) is 37.6 Å². The minimum absolute atomic E-state index is 0.122. The van der Waals surface area contributed by atoms with Crippen LogP contribution in [0.25, 0.3) is 0 Å². The van der Waals surface area contributed by atoms with Crippen molar-refractivity contribution in [2.24, 2.45) is 11.8 Å². The summed E-state index contributed by atoms with van der Waals surface area (Å²) in [5.41, 5.74) is 0. The van der Waals surface area contributed by atoms with E-state index in [0.717, 1.165) is 52.1 Å². The Kier molecular flexibility index (Phi) is 3.79. The zero-order valence-electron chi connectivity index (χ0n) is 8.65. The molecule has 0 unspecified atom stereocenters. The number of hydrogen-bond acceptors (Lipinski definition) is 3. The van der Waals surface area contributed by atoms with Crippen molar-refractivity contribution in [3.05, 3.63) is 0 Å². The molecule has 3 nitrogen and oxygen atoms in total. The zero-order chi connectivity index (χ0) is 9.80. The van der Waals surface area contributed by atoms with Crippen LogP contribution in [0.1, 0.15) is 25.7 Å². The second-order valence-electron chi connectivity index (χ2n) is 4.39. The van der Waals surface area contributed by atoms with E-state index in [0.29, 0.717) is 11.8 Å². The van der Waals surface area contributed by atoms with Gasteiger partial charge in [0, 0.05) is 26.4 Å². The molecule has 0 saturated carbocycles. The molecule has 0 radical (unpaired) electrons. The van der Waals surface area contributed by atoms with Crippen LogP contribution in [-0.2, 0) is 9.47 Å². The van der Waals surface area contributed by atoms with Crippen molar-refractivity contribution in [3.63, 3.8) is 0 Å². The molecule has 0 aromatic rings. The van der Waals surface area contributed by atoms with Crippen molar-refractivity contribution in [2.75, 3.05) is 26.4 Å². The summed E-state index contributed by atoms with van der Waals surface area (Å²) in [4.78, 5) is 0. The molecule has 0 amide bonds. The van der Waals surface area contributed by atoms with Gasteiger partial charge in [0.15, 0.2) is 0 Å². The second-order valence-corrected chi connectivity index (χ2v) is 4.39. The van der Waals surface area contributed by atoms with E-state index in [1.54, 1.807) is 0 Å². The summed E-state index contributed by atoms with van der Waals surface area (Å²) in [6, 6.07) is 0. The summed E-state index contributed by atoms with van der Waals surface area (Å²) in [6.45, 7) is 3.30. The summed E-state index contributed by atoms with van der Waals surface area (Å²) in [7, 11) is 0. The predicted molar refractivity (Wildman–Crippen MR) is 53.1 cm³/mol. The Morgan fingerprint density at radius 2 is 1.14 bits per heavy atom. The van der Waals surface area contributed by atoms with Crippen LogP contribution in [0.15, 0.2) is 0 Å². The summed E-state index contributed by atoms with van der Waals surface area (Å²) in [5, 5.41) is 10.2. The highest BCUT2D eigenvalue weighted by atomic mass is 16.5. The van der Waals surface area contributed by atoms with Crippen LogP contribution in [0.3, 0.4) is 0 Å². The third-order valence-electron chi connectivity index (χ3n) is 3.50. The maximum absolute atomic E-state index is 10.2. The van der Waals surface area contributed by atoms with Crippen LogP contribution in [0, 0.1) is 11.8 Å². The monoisotopic (exact) mass is 200 g/mol. The van der Waals surface area contributed by atoms with Crippen molar-refractivity contribution in [1.29, 1.82) is 0 Å². The fourth-order valence-corrected chi connectivity index (χ4v) is 2.50. The van der Waals surface area contributed by atoms with Gasteiger partial charge in [0.05, 0.1) is 6.10 Å². The molecule has 2 rings (SSSR count). The van der Waals surface area contributed by atoms with Gasteiger partial charge in [-0.05, 0) is 37.5 Å². The van der Waals surface area contributed by atoms with E-state index >= 15 is 0 Å². The van der Waals surface area contributed by atoms with Crippen molar-refractivity contribution in [3.8, 4) is 0 Å². The van der Waals surface area contributed by atoms with Gasteiger partial charge in [-0.2, -0.15) is 0 Å². The number of aliphatic hydroxyl groups excluding tert-OH is 1. The van der Waals surface area contributed by atoms with E-state index in [-0.39, 0.29) is 6.10 Å². The van der Waals surface area contributed by atoms with E-state index in [9.17, 15) is 5.11 Å². The first-order valence-electron chi connectivity index (χ1n) is 5.71. The molecule has 82 valence electrons. The fraction of sp³-hybridized carbons (Fsp3) is 1.00. The van der Waals surface area contributed by atoms with Gasteiger partial charge < -0.3 is 14.6 Å². The lowest BCUT2D eigenvalue weighted by molar-refractivity contribution is -0.0481. The lowest BCUT2D eigenvalue weighted by Gasteiger charge is -2.34. The molecule has 0 aromatic carbocycles. The van der Waals surface area contributed by atoms with Crippen molar-refractivity contribution < 1.29 is 14.6 Å². The molecule has 2 fully saturated rings. The van der Waals surface area contributed by atoms with E-state index in [2.05, 4.69) is 0 Å². The highest BCUT2D eigenvalue weighted by Crippen LogP contribution is 2.28. The molecule has 14 heavy (non-hydrogen) atoms. The minimum Gasteiger partial charge on any atom is -0.393 e. The Morgan fingerprint density at radius 3 is 1.50 bits per heavy atom. The predicted octanol–water partition coefficient (Wildman–Crippen LogP) is 1.20. The summed E-state index contributed by atoms with van der Waals surface area (Å²) < 4.78 is 10.6. The topological polar surface area (TPSA) is 38.7 Å². The largest absolute Gasteiger partial charge is 0.393 e. The van der Waals surface area contributed by atoms with E-state index in [1.165, 1.54) is 0 Å². The normalized spacial score (nSPS) is 27.0. The highest BCUT2D eigenvalue weighted by Gasteiger charge is 2.30. The maximum atomic E-state index is 10.2. The molecular weight excluding hydrogens is 180 g/mol. The quantitative estimate of drug-likeness (QED) is 0.728. The summed E-state index contributed by atoms with van der Waals surface area (Å²) in [6.07, 6.45) is 3.98. The van der Waals surface area contributed by atoms with Gasteiger partial charge in [0.1, 0.15) is 0 Å². The molecule has 2 saturated heterocycles. The molecule has 2 heterocycles. The van der Waals surface area contributed by atoms with Crippen LogP contribution < -0.4 is 0 Å². The third-order valence-corrected chi connectivity index (χ3v) is 3.50. The molecule has 0 aromatic heterocycles. The van der Waals surface area contributed by atoms with Crippen LogP contribution >= 0.6 is 0 Å².